The minimum atomic E-state index is 0.0146. The number of ketones is 1. The summed E-state index contributed by atoms with van der Waals surface area (Å²) in [5.41, 5.74) is 2.37. The Hall–Kier alpha value is -1.68. The summed E-state index contributed by atoms with van der Waals surface area (Å²) < 4.78 is 2.85. The Bertz CT molecular complexity index is 746. The van der Waals surface area contributed by atoms with Crippen LogP contribution < -0.4 is 0 Å². The molecule has 0 aliphatic rings. The number of aromatic nitrogens is 2. The van der Waals surface area contributed by atoms with Gasteiger partial charge in [-0.3, -0.25) is 9.20 Å². The maximum atomic E-state index is 11.6. The first-order valence-electron chi connectivity index (χ1n) is 5.24. The molecule has 2 aromatic heterocycles. The summed E-state index contributed by atoms with van der Waals surface area (Å²) in [7, 11) is 0. The molecular weight excluding hydrogens is 280 g/mol. The number of imidazole rings is 1. The van der Waals surface area contributed by atoms with Gasteiger partial charge in [-0.2, -0.15) is 0 Å². The molecule has 0 fully saturated rings. The van der Waals surface area contributed by atoms with Crippen LogP contribution >= 0.6 is 15.9 Å². The number of para-hydroxylation sites is 1. The van der Waals surface area contributed by atoms with Crippen LogP contribution in [0.4, 0.5) is 0 Å². The lowest BCUT2D eigenvalue weighted by Crippen LogP contribution is -2.00. The summed E-state index contributed by atoms with van der Waals surface area (Å²) in [6.45, 7) is 1.55. The number of nitrogens with zero attached hydrogens (tertiary/aromatic N) is 2. The van der Waals surface area contributed by atoms with Crippen LogP contribution in [0.1, 0.15) is 17.4 Å². The molecule has 3 rings (SSSR count). The van der Waals surface area contributed by atoms with Crippen LogP contribution in [0.25, 0.3) is 16.6 Å². The maximum Gasteiger partial charge on any atom is 0.178 e. The highest BCUT2D eigenvalue weighted by Crippen LogP contribution is 2.26. The van der Waals surface area contributed by atoms with E-state index in [-0.39, 0.29) is 5.78 Å². The normalized spacial score (nSPS) is 11.2. The van der Waals surface area contributed by atoms with Crippen molar-refractivity contribution in [2.24, 2.45) is 0 Å². The molecule has 0 spiro atoms. The Balaban J connectivity index is 2.61. The van der Waals surface area contributed by atoms with Crippen molar-refractivity contribution in [2.75, 3.05) is 0 Å². The fourth-order valence-corrected chi connectivity index (χ4v) is 2.59. The van der Waals surface area contributed by atoms with Crippen molar-refractivity contribution in [2.45, 2.75) is 6.92 Å². The quantitative estimate of drug-likeness (QED) is 0.643. The van der Waals surface area contributed by atoms with Crippen LogP contribution in [-0.2, 0) is 0 Å². The van der Waals surface area contributed by atoms with E-state index >= 15 is 0 Å². The fraction of sp³-hybridized carbons (Fsp3) is 0.0769. The monoisotopic (exact) mass is 288 g/mol. The largest absolute Gasteiger partial charge is 0.293 e. The molecule has 0 radical (unpaired) electrons. The highest BCUT2D eigenvalue weighted by molar-refractivity contribution is 9.10. The lowest BCUT2D eigenvalue weighted by atomic mass is 10.2. The van der Waals surface area contributed by atoms with E-state index in [1.54, 1.807) is 13.1 Å². The third-order valence-electron chi connectivity index (χ3n) is 2.80. The van der Waals surface area contributed by atoms with E-state index in [2.05, 4.69) is 20.9 Å². The summed E-state index contributed by atoms with van der Waals surface area (Å²) in [5.74, 6) is 0.0146. The number of hydrogen-bond donors (Lipinski definition) is 0. The lowest BCUT2D eigenvalue weighted by Gasteiger charge is -2.06. The van der Waals surface area contributed by atoms with Crippen molar-refractivity contribution >= 4 is 38.3 Å². The molecule has 0 unspecified atom stereocenters. The summed E-state index contributed by atoms with van der Waals surface area (Å²) in [6, 6.07) is 9.88. The third-order valence-corrected chi connectivity index (χ3v) is 3.44. The smallest absolute Gasteiger partial charge is 0.178 e. The molecule has 0 bridgehead atoms. The number of halogens is 1. The number of benzene rings is 1. The molecule has 17 heavy (non-hydrogen) atoms. The second kappa shape index (κ2) is 3.67. The van der Waals surface area contributed by atoms with Gasteiger partial charge in [-0.05, 0) is 39.5 Å². The molecule has 4 heteroatoms. The van der Waals surface area contributed by atoms with Crippen LogP contribution in [0, 0.1) is 0 Å². The van der Waals surface area contributed by atoms with E-state index in [0.29, 0.717) is 5.69 Å². The predicted molar refractivity (Wildman–Crippen MR) is 70.4 cm³/mol. The molecule has 3 aromatic rings. The van der Waals surface area contributed by atoms with Gasteiger partial charge in [-0.25, -0.2) is 4.98 Å². The van der Waals surface area contributed by atoms with Gasteiger partial charge in [0, 0.05) is 11.4 Å². The second-order valence-electron chi connectivity index (χ2n) is 3.90. The molecule has 0 saturated carbocycles. The van der Waals surface area contributed by atoms with Crippen LogP contribution in [0.15, 0.2) is 41.0 Å². The molecule has 0 aliphatic heterocycles. The molecule has 0 saturated heterocycles. The first-order valence-corrected chi connectivity index (χ1v) is 6.03. The second-order valence-corrected chi connectivity index (χ2v) is 4.76. The highest BCUT2D eigenvalue weighted by Gasteiger charge is 2.11. The number of rotatable bonds is 1. The van der Waals surface area contributed by atoms with E-state index in [4.69, 9.17) is 0 Å². The van der Waals surface area contributed by atoms with Gasteiger partial charge in [0.2, 0.25) is 0 Å². The maximum absolute atomic E-state index is 11.6. The molecule has 3 nitrogen and oxygen atoms in total. The molecule has 0 amide bonds. The standard InChI is InChI=1S/C13H9BrN2O/c1-8(17)11-7-15-12-6-5-9-3-2-4-10(14)13(9)16(11)12/h2-7H,1H3. The van der Waals surface area contributed by atoms with Crippen LogP contribution in [0.2, 0.25) is 0 Å². The molecule has 1 aromatic carbocycles. The highest BCUT2D eigenvalue weighted by atomic mass is 79.9. The van der Waals surface area contributed by atoms with Gasteiger partial charge in [0.25, 0.3) is 0 Å². The van der Waals surface area contributed by atoms with Crippen LogP contribution in [0.3, 0.4) is 0 Å². The van der Waals surface area contributed by atoms with Crippen LogP contribution in [0.5, 0.6) is 0 Å². The molecule has 0 atom stereocenters. The van der Waals surface area contributed by atoms with Gasteiger partial charge in [0.05, 0.1) is 11.7 Å². The Morgan fingerprint density at radius 2 is 2.12 bits per heavy atom. The first-order chi connectivity index (χ1) is 8.18. The molecule has 2 heterocycles. The predicted octanol–water partition coefficient (Wildman–Crippen LogP) is 3.45. The van der Waals surface area contributed by atoms with E-state index in [0.717, 1.165) is 21.0 Å². The summed E-state index contributed by atoms with van der Waals surface area (Å²) in [6.07, 6.45) is 1.62. The number of hydrogen-bond acceptors (Lipinski definition) is 2. The number of carbonyl (C=O) groups is 1. The van der Waals surface area contributed by atoms with Gasteiger partial charge >= 0.3 is 0 Å². The average molecular weight is 289 g/mol. The summed E-state index contributed by atoms with van der Waals surface area (Å²) in [4.78, 5) is 15.9. The zero-order valence-electron chi connectivity index (χ0n) is 9.14. The van der Waals surface area contributed by atoms with Crippen LogP contribution in [-0.4, -0.2) is 15.2 Å². The number of pyridine rings is 1. The van der Waals surface area contributed by atoms with Crippen molar-refractivity contribution in [1.82, 2.24) is 9.38 Å². The SMILES string of the molecule is CC(=O)c1cnc2ccc3cccc(Br)c3n12. The minimum Gasteiger partial charge on any atom is -0.293 e. The Labute approximate surface area is 106 Å². The Morgan fingerprint density at radius 1 is 1.29 bits per heavy atom. The topological polar surface area (TPSA) is 34.4 Å². The van der Waals surface area contributed by atoms with Crippen molar-refractivity contribution in [3.63, 3.8) is 0 Å². The van der Waals surface area contributed by atoms with Crippen molar-refractivity contribution in [1.29, 1.82) is 0 Å². The van der Waals surface area contributed by atoms with Gasteiger partial charge in [-0.15, -0.1) is 0 Å². The lowest BCUT2D eigenvalue weighted by molar-refractivity contribution is 0.101. The van der Waals surface area contributed by atoms with Crippen molar-refractivity contribution < 1.29 is 4.79 Å². The summed E-state index contributed by atoms with van der Waals surface area (Å²) in [5, 5.41) is 1.08. The third kappa shape index (κ3) is 1.48. The van der Waals surface area contributed by atoms with Gasteiger partial charge in [-0.1, -0.05) is 12.1 Å². The van der Waals surface area contributed by atoms with Crippen molar-refractivity contribution in [3.8, 4) is 0 Å². The molecule has 84 valence electrons. The number of Topliss-reactive ketones (excluding diaryl/α,β-unsaturated/α-hetero) is 1. The van der Waals surface area contributed by atoms with Gasteiger partial charge in [0.1, 0.15) is 11.3 Å². The average Bonchev–Trinajstić information content (AvgIpc) is 2.72. The number of fused-ring (bicyclic) bond motifs is 3. The van der Waals surface area contributed by atoms with E-state index < -0.39 is 0 Å². The minimum absolute atomic E-state index is 0.0146. The zero-order valence-corrected chi connectivity index (χ0v) is 10.7. The molecule has 0 N–H and O–H groups in total. The molecule has 0 aliphatic carbocycles. The fourth-order valence-electron chi connectivity index (χ4n) is 2.03. The van der Waals surface area contributed by atoms with Crippen molar-refractivity contribution in [3.05, 3.63) is 46.7 Å². The Kier molecular flexibility index (Phi) is 2.26. The zero-order chi connectivity index (χ0) is 12.0. The summed E-state index contributed by atoms with van der Waals surface area (Å²) >= 11 is 3.53. The van der Waals surface area contributed by atoms with Gasteiger partial charge in [0.15, 0.2) is 5.78 Å². The van der Waals surface area contributed by atoms with E-state index in [1.807, 2.05) is 34.7 Å². The molecular formula is C13H9BrN2O. The first kappa shape index (κ1) is 10.5. The van der Waals surface area contributed by atoms with E-state index in [9.17, 15) is 4.79 Å². The Morgan fingerprint density at radius 3 is 2.88 bits per heavy atom. The van der Waals surface area contributed by atoms with E-state index in [1.165, 1.54) is 0 Å². The number of carbonyl (C=O) groups excluding carboxylic acids is 1. The van der Waals surface area contributed by atoms with Gasteiger partial charge < -0.3 is 0 Å².